The van der Waals surface area contributed by atoms with Crippen LogP contribution in [0.3, 0.4) is 0 Å². The van der Waals surface area contributed by atoms with Crippen LogP contribution in [0, 0.1) is 11.6 Å². The largest absolute Gasteiger partial charge is 0.365 e. The third-order valence-corrected chi connectivity index (χ3v) is 5.35. The number of nitrogens with two attached hydrogens (primary N) is 1. The molecule has 0 radical (unpaired) electrons. The number of benzene rings is 1. The van der Waals surface area contributed by atoms with E-state index in [2.05, 4.69) is 32.3 Å². The van der Waals surface area contributed by atoms with Crippen molar-refractivity contribution in [2.45, 2.75) is 18.9 Å². The van der Waals surface area contributed by atoms with Crippen LogP contribution in [0.15, 0.2) is 49.4 Å². The summed E-state index contributed by atoms with van der Waals surface area (Å²) in [4.78, 5) is 33.7. The summed E-state index contributed by atoms with van der Waals surface area (Å²) in [6, 6.07) is 2.96. The summed E-state index contributed by atoms with van der Waals surface area (Å²) >= 11 is 0. The average Bonchev–Trinajstić information content (AvgIpc) is 3.29. The number of aromatic nitrogens is 4. The van der Waals surface area contributed by atoms with Crippen LogP contribution in [0.2, 0.25) is 0 Å². The van der Waals surface area contributed by atoms with Gasteiger partial charge in [-0.3, -0.25) is 14.3 Å². The van der Waals surface area contributed by atoms with Crippen LogP contribution in [0.1, 0.15) is 29.2 Å². The molecule has 3 aromatic rings. The maximum atomic E-state index is 14.1. The van der Waals surface area contributed by atoms with E-state index in [4.69, 9.17) is 5.73 Å². The summed E-state index contributed by atoms with van der Waals surface area (Å²) in [6.07, 6.45) is 7.54. The van der Waals surface area contributed by atoms with E-state index in [1.807, 2.05) is 0 Å². The van der Waals surface area contributed by atoms with Gasteiger partial charge in [0.1, 0.15) is 23.0 Å². The van der Waals surface area contributed by atoms with Crippen molar-refractivity contribution < 1.29 is 18.4 Å². The number of anilines is 4. The molecule has 34 heavy (non-hydrogen) atoms. The van der Waals surface area contributed by atoms with Crippen molar-refractivity contribution in [2.75, 3.05) is 23.7 Å². The lowest BCUT2D eigenvalue weighted by Crippen LogP contribution is -2.39. The van der Waals surface area contributed by atoms with E-state index < -0.39 is 17.5 Å². The van der Waals surface area contributed by atoms with Crippen molar-refractivity contribution in [3.8, 4) is 0 Å². The van der Waals surface area contributed by atoms with Crippen molar-refractivity contribution in [1.82, 2.24) is 24.6 Å². The minimum atomic E-state index is -0.860. The summed E-state index contributed by atoms with van der Waals surface area (Å²) in [5, 5.41) is 10.0. The molecule has 0 aliphatic carbocycles. The van der Waals surface area contributed by atoms with Crippen molar-refractivity contribution >= 4 is 35.0 Å². The Bertz CT molecular complexity index is 1250. The fourth-order valence-corrected chi connectivity index (χ4v) is 3.67. The number of nitrogens with zero attached hydrogens (tertiary/aromatic N) is 5. The molecule has 2 aromatic heterocycles. The molecule has 1 atom stereocenters. The SMILES string of the molecule is C=CC(=O)N1CCC[C@H](n2cc(Nc3ncc(C(N)=O)c(Nc4ccc(F)cc4F)n3)cn2)C1. The standard InChI is InChI=1S/C22H22F2N8O2/c1-2-19(33)31-7-3-4-15(12-31)32-11-14(9-27-32)28-22-26-10-16(20(25)34)21(30-22)29-18-6-5-13(23)8-17(18)24/h2,5-6,8-11,15H,1,3-4,7,12H2,(H2,25,34)(H2,26,28,29,30)/t15-/m0/s1. The molecular weight excluding hydrogens is 446 g/mol. The normalized spacial score (nSPS) is 15.6. The minimum absolute atomic E-state index is 0.00466. The van der Waals surface area contributed by atoms with Gasteiger partial charge in [-0.15, -0.1) is 0 Å². The number of primary amides is 1. The van der Waals surface area contributed by atoms with Gasteiger partial charge in [-0.05, 0) is 31.1 Å². The van der Waals surface area contributed by atoms with Crippen molar-refractivity contribution in [3.63, 3.8) is 0 Å². The van der Waals surface area contributed by atoms with E-state index in [1.54, 1.807) is 22.0 Å². The highest BCUT2D eigenvalue weighted by Crippen LogP contribution is 2.25. The summed E-state index contributed by atoms with van der Waals surface area (Å²) in [5.74, 6) is -2.48. The number of hydrogen-bond donors (Lipinski definition) is 3. The Balaban J connectivity index is 1.53. The Morgan fingerprint density at radius 1 is 1.24 bits per heavy atom. The van der Waals surface area contributed by atoms with Crippen LogP contribution in [0.5, 0.6) is 0 Å². The predicted molar refractivity (Wildman–Crippen MR) is 121 cm³/mol. The molecule has 10 nitrogen and oxygen atoms in total. The minimum Gasteiger partial charge on any atom is -0.365 e. The second kappa shape index (κ2) is 9.65. The number of carbonyl (C=O) groups excluding carboxylic acids is 2. The first kappa shape index (κ1) is 22.8. The molecule has 2 amide bonds. The number of amides is 2. The van der Waals surface area contributed by atoms with Gasteiger partial charge in [-0.2, -0.15) is 10.1 Å². The zero-order chi connectivity index (χ0) is 24.2. The van der Waals surface area contributed by atoms with E-state index in [9.17, 15) is 18.4 Å². The van der Waals surface area contributed by atoms with Crippen molar-refractivity contribution in [3.05, 3.63) is 66.6 Å². The monoisotopic (exact) mass is 468 g/mol. The number of rotatable bonds is 7. The highest BCUT2D eigenvalue weighted by Gasteiger charge is 2.24. The molecule has 3 heterocycles. The molecule has 4 rings (SSSR count). The van der Waals surface area contributed by atoms with Crippen LogP contribution in [-0.2, 0) is 4.79 Å². The Morgan fingerprint density at radius 3 is 2.79 bits per heavy atom. The van der Waals surface area contributed by atoms with Crippen LogP contribution >= 0.6 is 0 Å². The Labute approximate surface area is 193 Å². The van der Waals surface area contributed by atoms with Gasteiger partial charge in [0.15, 0.2) is 0 Å². The molecule has 4 N–H and O–H groups in total. The van der Waals surface area contributed by atoms with Gasteiger partial charge in [0, 0.05) is 31.5 Å². The third kappa shape index (κ3) is 5.00. The molecule has 0 unspecified atom stereocenters. The topological polar surface area (TPSA) is 131 Å². The van der Waals surface area contributed by atoms with Crippen LogP contribution in [0.25, 0.3) is 0 Å². The number of halogens is 2. The Morgan fingerprint density at radius 2 is 2.06 bits per heavy atom. The quantitative estimate of drug-likeness (QED) is 0.455. The van der Waals surface area contributed by atoms with Crippen molar-refractivity contribution in [2.24, 2.45) is 5.73 Å². The second-order valence-corrected chi connectivity index (χ2v) is 7.69. The van der Waals surface area contributed by atoms with Gasteiger partial charge in [0.25, 0.3) is 5.91 Å². The summed E-state index contributed by atoms with van der Waals surface area (Å²) in [5.41, 5.74) is 5.79. The first-order valence-corrected chi connectivity index (χ1v) is 10.5. The van der Waals surface area contributed by atoms with E-state index in [0.29, 0.717) is 24.8 Å². The van der Waals surface area contributed by atoms with E-state index in [1.165, 1.54) is 18.3 Å². The first-order chi connectivity index (χ1) is 16.3. The molecule has 0 saturated carbocycles. The maximum absolute atomic E-state index is 14.1. The lowest BCUT2D eigenvalue weighted by atomic mass is 10.1. The molecule has 1 saturated heterocycles. The van der Waals surface area contributed by atoms with Gasteiger partial charge >= 0.3 is 0 Å². The van der Waals surface area contributed by atoms with Gasteiger partial charge in [0.2, 0.25) is 11.9 Å². The fourth-order valence-electron chi connectivity index (χ4n) is 3.67. The average molecular weight is 468 g/mol. The molecular formula is C22H22F2N8O2. The van der Waals surface area contributed by atoms with Gasteiger partial charge in [-0.25, -0.2) is 13.8 Å². The molecule has 1 aromatic carbocycles. The van der Waals surface area contributed by atoms with Crippen LogP contribution in [0.4, 0.5) is 31.9 Å². The predicted octanol–water partition coefficient (Wildman–Crippen LogP) is 2.89. The van der Waals surface area contributed by atoms with Crippen LogP contribution < -0.4 is 16.4 Å². The number of nitrogens with one attached hydrogen (secondary N) is 2. The fraction of sp³-hybridized carbons (Fsp3) is 0.227. The van der Waals surface area contributed by atoms with Crippen LogP contribution in [-0.4, -0.2) is 49.6 Å². The Hall–Kier alpha value is -4.35. The zero-order valence-corrected chi connectivity index (χ0v) is 18.0. The molecule has 1 aliphatic rings. The molecule has 0 bridgehead atoms. The highest BCUT2D eigenvalue weighted by atomic mass is 19.1. The molecule has 1 aliphatic heterocycles. The molecule has 1 fully saturated rings. The van der Waals surface area contributed by atoms with Gasteiger partial charge in [0.05, 0.1) is 23.6 Å². The number of piperidine rings is 1. The lowest BCUT2D eigenvalue weighted by molar-refractivity contribution is -0.127. The van der Waals surface area contributed by atoms with Crippen molar-refractivity contribution in [1.29, 1.82) is 0 Å². The number of likely N-dealkylation sites (tertiary alicyclic amines) is 1. The number of carbonyl (C=O) groups is 2. The number of hydrogen-bond acceptors (Lipinski definition) is 7. The Kier molecular flexibility index (Phi) is 6.48. The third-order valence-electron chi connectivity index (χ3n) is 5.35. The van der Waals surface area contributed by atoms with E-state index >= 15 is 0 Å². The molecule has 0 spiro atoms. The maximum Gasteiger partial charge on any atom is 0.254 e. The molecule has 176 valence electrons. The smallest absolute Gasteiger partial charge is 0.254 e. The zero-order valence-electron chi connectivity index (χ0n) is 18.0. The van der Waals surface area contributed by atoms with Gasteiger partial charge in [-0.1, -0.05) is 6.58 Å². The highest BCUT2D eigenvalue weighted by molar-refractivity contribution is 5.98. The van der Waals surface area contributed by atoms with E-state index in [-0.39, 0.29) is 35.0 Å². The lowest BCUT2D eigenvalue weighted by Gasteiger charge is -2.32. The van der Waals surface area contributed by atoms with Gasteiger partial charge < -0.3 is 21.3 Å². The van der Waals surface area contributed by atoms with E-state index in [0.717, 1.165) is 18.9 Å². The summed E-state index contributed by atoms with van der Waals surface area (Å²) < 4.78 is 29.0. The second-order valence-electron chi connectivity index (χ2n) is 7.69. The summed E-state index contributed by atoms with van der Waals surface area (Å²) in [7, 11) is 0. The molecule has 12 heteroatoms. The summed E-state index contributed by atoms with van der Waals surface area (Å²) in [6.45, 7) is 4.73. The first-order valence-electron chi connectivity index (χ1n) is 10.5.